The summed E-state index contributed by atoms with van der Waals surface area (Å²) in [4.78, 5) is 6.72. The maximum Gasteiger partial charge on any atom is 0.231 e. The summed E-state index contributed by atoms with van der Waals surface area (Å²) in [7, 11) is 1.66. The van der Waals surface area contributed by atoms with Crippen LogP contribution < -0.4 is 14.2 Å². The standard InChI is InChI=1S/C22H25N3O3/c1-26-22-18(3-2-8-24-22)14-25-9-6-16(7-10-25)11-19(13-23)17-4-5-20-21(12-17)28-15-27-20/h2-5,8,12,16,19H,6-7,9-11,14-15H2,1H3. The van der Waals surface area contributed by atoms with Crippen molar-refractivity contribution in [2.24, 2.45) is 5.92 Å². The second-order valence-corrected chi connectivity index (χ2v) is 7.42. The van der Waals surface area contributed by atoms with Crippen molar-refractivity contribution < 1.29 is 14.2 Å². The van der Waals surface area contributed by atoms with Crippen molar-refractivity contribution in [1.29, 1.82) is 5.26 Å². The molecule has 6 nitrogen and oxygen atoms in total. The molecule has 1 fully saturated rings. The van der Waals surface area contributed by atoms with Crippen LogP contribution in [0.4, 0.5) is 0 Å². The summed E-state index contributed by atoms with van der Waals surface area (Å²) in [6.07, 6.45) is 4.85. The molecule has 0 spiro atoms. The predicted octanol–water partition coefficient (Wildman–Crippen LogP) is 3.73. The summed E-state index contributed by atoms with van der Waals surface area (Å²) in [5, 5.41) is 9.71. The number of rotatable bonds is 6. The topological polar surface area (TPSA) is 67.6 Å². The summed E-state index contributed by atoms with van der Waals surface area (Å²) in [5.41, 5.74) is 2.15. The van der Waals surface area contributed by atoms with Crippen molar-refractivity contribution in [3.05, 3.63) is 47.7 Å². The first-order valence-electron chi connectivity index (χ1n) is 9.76. The second-order valence-electron chi connectivity index (χ2n) is 7.42. The number of piperidine rings is 1. The quantitative estimate of drug-likeness (QED) is 0.762. The molecule has 0 bridgehead atoms. The van der Waals surface area contributed by atoms with Crippen molar-refractivity contribution in [3.63, 3.8) is 0 Å². The van der Waals surface area contributed by atoms with E-state index < -0.39 is 0 Å². The Labute approximate surface area is 165 Å². The van der Waals surface area contributed by atoms with E-state index in [9.17, 15) is 5.26 Å². The van der Waals surface area contributed by atoms with Crippen LogP contribution in [0, 0.1) is 17.2 Å². The molecule has 1 aromatic heterocycles. The number of likely N-dealkylation sites (tertiary alicyclic amines) is 1. The highest BCUT2D eigenvalue weighted by atomic mass is 16.7. The third-order valence-electron chi connectivity index (χ3n) is 5.67. The van der Waals surface area contributed by atoms with Crippen molar-refractivity contribution in [3.8, 4) is 23.4 Å². The molecular weight excluding hydrogens is 354 g/mol. The Morgan fingerprint density at radius 3 is 2.86 bits per heavy atom. The van der Waals surface area contributed by atoms with E-state index in [-0.39, 0.29) is 12.7 Å². The Balaban J connectivity index is 1.33. The smallest absolute Gasteiger partial charge is 0.231 e. The van der Waals surface area contributed by atoms with Gasteiger partial charge in [-0.3, -0.25) is 4.90 Å². The molecule has 6 heteroatoms. The van der Waals surface area contributed by atoms with Crippen LogP contribution in [-0.2, 0) is 6.54 Å². The minimum absolute atomic E-state index is 0.107. The van der Waals surface area contributed by atoms with Crippen LogP contribution in [-0.4, -0.2) is 36.9 Å². The van der Waals surface area contributed by atoms with E-state index in [0.717, 1.165) is 61.5 Å². The summed E-state index contributed by atoms with van der Waals surface area (Å²) in [6.45, 7) is 3.17. The van der Waals surface area contributed by atoms with Crippen molar-refractivity contribution in [2.75, 3.05) is 27.0 Å². The SMILES string of the molecule is COc1ncccc1CN1CCC(CC(C#N)c2ccc3c(c2)OCO3)CC1. The van der Waals surface area contributed by atoms with E-state index in [4.69, 9.17) is 14.2 Å². The number of fused-ring (bicyclic) bond motifs is 1. The zero-order valence-corrected chi connectivity index (χ0v) is 16.1. The Bertz CT molecular complexity index is 856. The van der Waals surface area contributed by atoms with Gasteiger partial charge in [0.05, 0.1) is 19.1 Å². The molecule has 3 heterocycles. The molecule has 0 aliphatic carbocycles. The first kappa shape index (κ1) is 18.6. The van der Waals surface area contributed by atoms with Gasteiger partial charge in [-0.25, -0.2) is 4.98 Å². The van der Waals surface area contributed by atoms with Gasteiger partial charge >= 0.3 is 0 Å². The molecule has 2 aliphatic rings. The highest BCUT2D eigenvalue weighted by Crippen LogP contribution is 2.37. The summed E-state index contributed by atoms with van der Waals surface area (Å²) < 4.78 is 16.2. The number of aromatic nitrogens is 1. The van der Waals surface area contributed by atoms with Gasteiger partial charge in [0.2, 0.25) is 12.7 Å². The molecule has 1 unspecified atom stereocenters. The van der Waals surface area contributed by atoms with Gasteiger partial charge in [0.15, 0.2) is 11.5 Å². The fraction of sp³-hybridized carbons (Fsp3) is 0.455. The van der Waals surface area contributed by atoms with Crippen LogP contribution in [0.2, 0.25) is 0 Å². The van der Waals surface area contributed by atoms with Gasteiger partial charge in [-0.15, -0.1) is 0 Å². The van der Waals surface area contributed by atoms with Gasteiger partial charge in [-0.05, 0) is 62.0 Å². The van der Waals surface area contributed by atoms with E-state index in [2.05, 4.69) is 22.0 Å². The molecule has 1 aromatic carbocycles. The van der Waals surface area contributed by atoms with Gasteiger partial charge in [-0.2, -0.15) is 5.26 Å². The van der Waals surface area contributed by atoms with Crippen LogP contribution in [0.25, 0.3) is 0 Å². The van der Waals surface area contributed by atoms with Crippen LogP contribution >= 0.6 is 0 Å². The average molecular weight is 379 g/mol. The number of methoxy groups -OCH3 is 1. The average Bonchev–Trinajstić information content (AvgIpc) is 3.21. The number of nitriles is 1. The van der Waals surface area contributed by atoms with Gasteiger partial charge in [0, 0.05) is 18.3 Å². The van der Waals surface area contributed by atoms with E-state index in [0.29, 0.717) is 11.8 Å². The maximum absolute atomic E-state index is 9.71. The second kappa shape index (κ2) is 8.49. The minimum atomic E-state index is -0.107. The Kier molecular flexibility index (Phi) is 5.63. The lowest BCUT2D eigenvalue weighted by molar-refractivity contribution is 0.168. The third kappa shape index (κ3) is 4.05. The summed E-state index contributed by atoms with van der Waals surface area (Å²) in [5.74, 6) is 2.67. The fourth-order valence-electron chi connectivity index (χ4n) is 4.08. The van der Waals surface area contributed by atoms with Crippen molar-refractivity contribution in [1.82, 2.24) is 9.88 Å². The number of pyridine rings is 1. The molecule has 4 rings (SSSR count). The lowest BCUT2D eigenvalue weighted by Gasteiger charge is -2.33. The van der Waals surface area contributed by atoms with Crippen molar-refractivity contribution in [2.45, 2.75) is 31.7 Å². The normalized spacial score (nSPS) is 17.9. The molecule has 0 N–H and O–H groups in total. The number of benzene rings is 1. The molecule has 0 saturated carbocycles. The minimum Gasteiger partial charge on any atom is -0.481 e. The number of ether oxygens (including phenoxy) is 3. The van der Waals surface area contributed by atoms with Crippen LogP contribution in [0.15, 0.2) is 36.5 Å². The molecule has 2 aliphatic heterocycles. The zero-order valence-electron chi connectivity index (χ0n) is 16.1. The van der Waals surface area contributed by atoms with Gasteiger partial charge in [0.1, 0.15) is 0 Å². The van der Waals surface area contributed by atoms with Gasteiger partial charge in [0.25, 0.3) is 0 Å². The lowest BCUT2D eigenvalue weighted by Crippen LogP contribution is -2.33. The number of nitrogens with zero attached hydrogens (tertiary/aromatic N) is 3. The molecular formula is C22H25N3O3. The Hall–Kier alpha value is -2.78. The highest BCUT2D eigenvalue weighted by molar-refractivity contribution is 5.46. The number of hydrogen-bond acceptors (Lipinski definition) is 6. The van der Waals surface area contributed by atoms with Gasteiger partial charge in [-0.1, -0.05) is 12.1 Å². The van der Waals surface area contributed by atoms with E-state index in [1.807, 2.05) is 24.3 Å². The molecule has 0 amide bonds. The highest BCUT2D eigenvalue weighted by Gasteiger charge is 2.25. The first-order valence-corrected chi connectivity index (χ1v) is 9.76. The maximum atomic E-state index is 9.71. The Morgan fingerprint density at radius 1 is 1.25 bits per heavy atom. The fourth-order valence-corrected chi connectivity index (χ4v) is 4.08. The molecule has 1 atom stereocenters. The molecule has 1 saturated heterocycles. The Morgan fingerprint density at radius 2 is 2.07 bits per heavy atom. The molecule has 146 valence electrons. The van der Waals surface area contributed by atoms with E-state index in [1.54, 1.807) is 13.3 Å². The summed E-state index contributed by atoms with van der Waals surface area (Å²) in [6, 6.07) is 12.4. The monoisotopic (exact) mass is 379 g/mol. The largest absolute Gasteiger partial charge is 0.481 e. The van der Waals surface area contributed by atoms with Crippen molar-refractivity contribution >= 4 is 0 Å². The van der Waals surface area contributed by atoms with Crippen LogP contribution in [0.3, 0.4) is 0 Å². The first-order chi connectivity index (χ1) is 13.8. The van der Waals surface area contributed by atoms with E-state index >= 15 is 0 Å². The predicted molar refractivity (Wildman–Crippen MR) is 104 cm³/mol. The van der Waals surface area contributed by atoms with Crippen LogP contribution in [0.5, 0.6) is 17.4 Å². The lowest BCUT2D eigenvalue weighted by atomic mass is 9.84. The molecule has 28 heavy (non-hydrogen) atoms. The summed E-state index contributed by atoms with van der Waals surface area (Å²) >= 11 is 0. The zero-order chi connectivity index (χ0) is 19.3. The van der Waals surface area contributed by atoms with Crippen LogP contribution in [0.1, 0.15) is 36.3 Å². The number of hydrogen-bond donors (Lipinski definition) is 0. The van der Waals surface area contributed by atoms with Gasteiger partial charge < -0.3 is 14.2 Å². The van der Waals surface area contributed by atoms with E-state index in [1.165, 1.54) is 0 Å². The third-order valence-corrected chi connectivity index (χ3v) is 5.67. The molecule has 2 aromatic rings. The molecule has 0 radical (unpaired) electrons.